The van der Waals surface area contributed by atoms with Crippen molar-refractivity contribution in [3.8, 4) is 0 Å². The van der Waals surface area contributed by atoms with E-state index in [1.165, 1.54) is 16.9 Å². The van der Waals surface area contributed by atoms with E-state index in [0.717, 1.165) is 59.3 Å². The number of amides is 1. The maximum absolute atomic E-state index is 13.4. The topological polar surface area (TPSA) is 84.2 Å². The highest BCUT2D eigenvalue weighted by Gasteiger charge is 2.27. The molecule has 6 rings (SSSR count). The van der Waals surface area contributed by atoms with Gasteiger partial charge in [-0.15, -0.1) is 11.3 Å². The Labute approximate surface area is 200 Å². The molecule has 0 radical (unpaired) electrons. The third-order valence-corrected chi connectivity index (χ3v) is 8.04. The van der Waals surface area contributed by atoms with E-state index in [0.29, 0.717) is 18.9 Å². The van der Waals surface area contributed by atoms with Crippen LogP contribution >= 0.6 is 11.3 Å². The van der Waals surface area contributed by atoms with Gasteiger partial charge in [0.25, 0.3) is 5.56 Å². The molecule has 1 aliphatic carbocycles. The normalized spacial score (nSPS) is 15.9. The second-order valence-electron chi connectivity index (χ2n) is 9.06. The third kappa shape index (κ3) is 3.55. The van der Waals surface area contributed by atoms with E-state index in [-0.39, 0.29) is 17.9 Å². The van der Waals surface area contributed by atoms with Crippen LogP contribution in [0.25, 0.3) is 21.3 Å². The molecule has 0 unspecified atom stereocenters. The Balaban J connectivity index is 1.30. The van der Waals surface area contributed by atoms with E-state index < -0.39 is 0 Å². The summed E-state index contributed by atoms with van der Waals surface area (Å²) in [4.78, 5) is 46.7. The fraction of sp³-hybridized carbons (Fsp3) is 0.400. The van der Waals surface area contributed by atoms with Crippen molar-refractivity contribution in [3.63, 3.8) is 0 Å². The summed E-state index contributed by atoms with van der Waals surface area (Å²) in [6.45, 7) is 1.68. The summed E-state index contributed by atoms with van der Waals surface area (Å²) in [6.07, 6.45) is 6.89. The maximum atomic E-state index is 13.4. The molecule has 0 fully saturated rings. The Bertz CT molecular complexity index is 1480. The zero-order valence-corrected chi connectivity index (χ0v) is 20.0. The largest absolute Gasteiger partial charge is 0.357 e. The molecule has 0 bridgehead atoms. The van der Waals surface area contributed by atoms with Gasteiger partial charge in [0.15, 0.2) is 11.6 Å². The van der Waals surface area contributed by atoms with Crippen molar-refractivity contribution in [1.29, 1.82) is 0 Å². The number of nitrogens with zero attached hydrogens (tertiary/aromatic N) is 6. The summed E-state index contributed by atoms with van der Waals surface area (Å²) in [5.74, 6) is 1.26. The lowest BCUT2D eigenvalue weighted by Crippen LogP contribution is -2.34. The van der Waals surface area contributed by atoms with Crippen molar-refractivity contribution < 1.29 is 4.79 Å². The number of para-hydroxylation sites is 2. The quantitative estimate of drug-likeness (QED) is 0.452. The minimum atomic E-state index is -0.0551. The second kappa shape index (κ2) is 8.47. The molecule has 1 aliphatic heterocycles. The summed E-state index contributed by atoms with van der Waals surface area (Å²) in [5, 5.41) is 0.758. The maximum Gasteiger partial charge on any atom is 0.262 e. The van der Waals surface area contributed by atoms with Crippen LogP contribution in [0.15, 0.2) is 35.4 Å². The van der Waals surface area contributed by atoms with Gasteiger partial charge in [-0.25, -0.2) is 15.0 Å². The number of carbonyl (C=O) groups is 1. The highest BCUT2D eigenvalue weighted by molar-refractivity contribution is 7.18. The predicted octanol–water partition coefficient (Wildman–Crippen LogP) is 3.54. The highest BCUT2D eigenvalue weighted by atomic mass is 32.1. The van der Waals surface area contributed by atoms with Crippen LogP contribution < -0.4 is 15.4 Å². The zero-order valence-electron chi connectivity index (χ0n) is 19.2. The lowest BCUT2D eigenvalue weighted by atomic mass is 9.97. The van der Waals surface area contributed by atoms with E-state index in [1.54, 1.807) is 27.1 Å². The van der Waals surface area contributed by atoms with Crippen molar-refractivity contribution in [2.75, 3.05) is 29.9 Å². The van der Waals surface area contributed by atoms with Crippen molar-refractivity contribution in [2.45, 2.75) is 45.1 Å². The van der Waals surface area contributed by atoms with Gasteiger partial charge in [-0.05, 0) is 49.8 Å². The molecular weight excluding hydrogens is 448 g/mol. The summed E-state index contributed by atoms with van der Waals surface area (Å²) in [5.41, 5.74) is 2.73. The van der Waals surface area contributed by atoms with E-state index in [4.69, 9.17) is 9.97 Å². The van der Waals surface area contributed by atoms with Crippen molar-refractivity contribution >= 4 is 50.1 Å². The lowest BCUT2D eigenvalue weighted by Gasteiger charge is -2.23. The number of rotatable bonds is 3. The Kier molecular flexibility index (Phi) is 5.28. The van der Waals surface area contributed by atoms with Gasteiger partial charge in [0.05, 0.1) is 22.7 Å². The number of fused-ring (bicyclic) bond motifs is 5. The van der Waals surface area contributed by atoms with Gasteiger partial charge in [0, 0.05) is 38.0 Å². The van der Waals surface area contributed by atoms with E-state index in [9.17, 15) is 9.59 Å². The SMILES string of the molecule is CN1CCCN(C(=O)CCn2cnc3sc4c(c3c2=O)CCCC4)c2nc3ccccc3nc21. The molecule has 34 heavy (non-hydrogen) atoms. The molecule has 0 saturated carbocycles. The van der Waals surface area contributed by atoms with Gasteiger partial charge in [-0.2, -0.15) is 0 Å². The first-order valence-corrected chi connectivity index (χ1v) is 12.7. The van der Waals surface area contributed by atoms with E-state index >= 15 is 0 Å². The van der Waals surface area contributed by atoms with Gasteiger partial charge in [0.1, 0.15) is 4.83 Å². The second-order valence-corrected chi connectivity index (χ2v) is 10.1. The number of aromatic nitrogens is 4. The molecule has 8 nitrogen and oxygen atoms in total. The summed E-state index contributed by atoms with van der Waals surface area (Å²) in [6, 6.07) is 7.72. The molecule has 1 amide bonds. The number of aryl methyl sites for hydroxylation is 3. The van der Waals surface area contributed by atoms with Crippen molar-refractivity contribution in [3.05, 3.63) is 51.4 Å². The van der Waals surface area contributed by atoms with Gasteiger partial charge < -0.3 is 4.90 Å². The first-order valence-electron chi connectivity index (χ1n) is 11.9. The molecule has 0 spiro atoms. The molecule has 1 aromatic carbocycles. The molecule has 2 aliphatic rings. The molecule has 174 valence electrons. The number of benzene rings is 1. The molecular formula is C25H26N6O2S. The van der Waals surface area contributed by atoms with Gasteiger partial charge >= 0.3 is 0 Å². The average Bonchev–Trinajstić information content (AvgIpc) is 3.16. The minimum Gasteiger partial charge on any atom is -0.357 e. The van der Waals surface area contributed by atoms with Crippen LogP contribution in [0.1, 0.15) is 36.1 Å². The minimum absolute atomic E-state index is 0.0287. The third-order valence-electron chi connectivity index (χ3n) is 6.84. The lowest BCUT2D eigenvalue weighted by molar-refractivity contribution is -0.118. The first-order chi connectivity index (χ1) is 16.6. The van der Waals surface area contributed by atoms with Crippen LogP contribution in [0.4, 0.5) is 11.6 Å². The fourth-order valence-corrected chi connectivity index (χ4v) is 6.25. The van der Waals surface area contributed by atoms with Crippen LogP contribution in [0.5, 0.6) is 0 Å². The molecule has 0 N–H and O–H groups in total. The number of anilines is 2. The zero-order chi connectivity index (χ0) is 23.2. The van der Waals surface area contributed by atoms with Gasteiger partial charge in [-0.3, -0.25) is 19.1 Å². The monoisotopic (exact) mass is 474 g/mol. The number of hydrogen-bond donors (Lipinski definition) is 0. The summed E-state index contributed by atoms with van der Waals surface area (Å²) in [7, 11) is 1.98. The predicted molar refractivity (Wildman–Crippen MR) is 135 cm³/mol. The van der Waals surface area contributed by atoms with Crippen molar-refractivity contribution in [1.82, 2.24) is 19.5 Å². The Hall–Kier alpha value is -3.33. The highest BCUT2D eigenvalue weighted by Crippen LogP contribution is 2.33. The van der Waals surface area contributed by atoms with Crippen LogP contribution in [0, 0.1) is 0 Å². The van der Waals surface area contributed by atoms with Gasteiger partial charge in [0.2, 0.25) is 5.91 Å². The molecule has 4 aromatic rings. The number of hydrogen-bond acceptors (Lipinski definition) is 7. The fourth-order valence-electron chi connectivity index (χ4n) is 5.03. The molecule has 4 heterocycles. The van der Waals surface area contributed by atoms with E-state index in [1.807, 2.05) is 31.3 Å². The standard InChI is InChI=1S/C25H26N6O2S/c1-29-12-6-13-31(23-22(29)27-17-8-3-4-9-18(17)28-23)20(32)11-14-30-15-26-24-21(25(30)33)16-7-2-5-10-19(16)34-24/h3-4,8-9,15H,2,5-7,10-14H2,1H3. The summed E-state index contributed by atoms with van der Waals surface area (Å²) >= 11 is 1.65. The van der Waals surface area contributed by atoms with E-state index in [2.05, 4.69) is 9.88 Å². The molecule has 0 saturated heterocycles. The first kappa shape index (κ1) is 21.2. The van der Waals surface area contributed by atoms with Crippen LogP contribution in [0.3, 0.4) is 0 Å². The van der Waals surface area contributed by atoms with Crippen LogP contribution in [-0.2, 0) is 24.2 Å². The smallest absolute Gasteiger partial charge is 0.262 e. The summed E-state index contributed by atoms with van der Waals surface area (Å²) < 4.78 is 1.60. The average molecular weight is 475 g/mol. The van der Waals surface area contributed by atoms with Crippen LogP contribution in [-0.4, -0.2) is 45.6 Å². The van der Waals surface area contributed by atoms with Crippen LogP contribution in [0.2, 0.25) is 0 Å². The molecule has 0 atom stereocenters. The van der Waals surface area contributed by atoms with Crippen molar-refractivity contribution in [2.24, 2.45) is 0 Å². The molecule has 9 heteroatoms. The molecule has 3 aromatic heterocycles. The number of carbonyl (C=O) groups excluding carboxylic acids is 1. The van der Waals surface area contributed by atoms with Gasteiger partial charge in [-0.1, -0.05) is 12.1 Å². The Morgan fingerprint density at radius 2 is 1.79 bits per heavy atom. The number of thiophene rings is 1. The Morgan fingerprint density at radius 3 is 2.62 bits per heavy atom. The Morgan fingerprint density at radius 1 is 1.03 bits per heavy atom.